The number of carbonyl (C=O) groups is 1. The van der Waals surface area contributed by atoms with E-state index in [0.717, 1.165) is 64.3 Å². The van der Waals surface area contributed by atoms with Crippen molar-refractivity contribution in [2.45, 2.75) is 19.4 Å². The van der Waals surface area contributed by atoms with Crippen LogP contribution in [0, 0.1) is 0 Å². The molecule has 6 nitrogen and oxygen atoms in total. The van der Waals surface area contributed by atoms with E-state index in [0.29, 0.717) is 5.88 Å². The van der Waals surface area contributed by atoms with Crippen molar-refractivity contribution in [3.8, 4) is 5.88 Å². The molecule has 0 aromatic carbocycles. The molecule has 2 aliphatic heterocycles. The van der Waals surface area contributed by atoms with E-state index in [4.69, 9.17) is 4.74 Å². The number of urea groups is 1. The van der Waals surface area contributed by atoms with Gasteiger partial charge in [-0.15, -0.1) is 0 Å². The minimum atomic E-state index is 0.219. The molecule has 3 rings (SSSR count). The molecule has 2 fully saturated rings. The number of ether oxygens (including phenoxy) is 1. The monoisotopic (exact) mass is 304 g/mol. The Morgan fingerprint density at radius 2 is 1.77 bits per heavy atom. The summed E-state index contributed by atoms with van der Waals surface area (Å²) in [5.74, 6) is 0.653. The lowest BCUT2D eigenvalue weighted by molar-refractivity contribution is 0.114. The van der Waals surface area contributed by atoms with Crippen LogP contribution in [0.5, 0.6) is 5.88 Å². The standard InChI is InChI=1S/C16H24N4O2/c1-22-15-6-4-5-14(17-15)13-18-9-11-20(12-10-18)16(21)19-7-2-3-8-19/h4-6H,2-3,7-13H2,1H3. The number of hydrogen-bond donors (Lipinski definition) is 0. The average molecular weight is 304 g/mol. The highest BCUT2D eigenvalue weighted by atomic mass is 16.5. The molecule has 0 bridgehead atoms. The molecule has 0 aliphatic carbocycles. The van der Waals surface area contributed by atoms with E-state index < -0.39 is 0 Å². The molecular weight excluding hydrogens is 280 g/mol. The molecule has 1 aromatic rings. The summed E-state index contributed by atoms with van der Waals surface area (Å²) in [6.45, 7) is 6.07. The first kappa shape index (κ1) is 15.1. The van der Waals surface area contributed by atoms with Crippen LogP contribution in [0.2, 0.25) is 0 Å². The molecule has 0 radical (unpaired) electrons. The summed E-state index contributed by atoms with van der Waals surface area (Å²) in [6.07, 6.45) is 2.29. The molecule has 2 aliphatic rings. The van der Waals surface area contributed by atoms with Crippen molar-refractivity contribution in [2.24, 2.45) is 0 Å². The maximum atomic E-state index is 12.4. The van der Waals surface area contributed by atoms with E-state index in [1.54, 1.807) is 7.11 Å². The molecule has 3 heterocycles. The normalized spacial score (nSPS) is 19.5. The number of hydrogen-bond acceptors (Lipinski definition) is 4. The zero-order valence-corrected chi connectivity index (χ0v) is 13.2. The topological polar surface area (TPSA) is 48.9 Å². The van der Waals surface area contributed by atoms with Gasteiger partial charge in [-0.1, -0.05) is 6.07 Å². The van der Waals surface area contributed by atoms with Gasteiger partial charge in [0.1, 0.15) is 0 Å². The van der Waals surface area contributed by atoms with Gasteiger partial charge in [0, 0.05) is 51.9 Å². The Labute approximate surface area is 131 Å². The third kappa shape index (κ3) is 3.50. The Kier molecular flexibility index (Phi) is 4.77. The molecule has 22 heavy (non-hydrogen) atoms. The molecule has 0 unspecified atom stereocenters. The summed E-state index contributed by atoms with van der Waals surface area (Å²) >= 11 is 0. The molecule has 0 saturated carbocycles. The SMILES string of the molecule is COc1cccc(CN2CCN(C(=O)N3CCCC3)CC2)n1. The van der Waals surface area contributed by atoms with Crippen LogP contribution in [-0.2, 0) is 6.54 Å². The van der Waals surface area contributed by atoms with Gasteiger partial charge in [0.05, 0.1) is 12.8 Å². The Hall–Kier alpha value is -1.82. The van der Waals surface area contributed by atoms with Gasteiger partial charge in [-0.3, -0.25) is 4.90 Å². The maximum Gasteiger partial charge on any atom is 0.320 e. The van der Waals surface area contributed by atoms with Crippen LogP contribution in [-0.4, -0.2) is 72.1 Å². The molecular formula is C16H24N4O2. The Bertz CT molecular complexity index is 509. The highest BCUT2D eigenvalue weighted by molar-refractivity contribution is 5.74. The number of aromatic nitrogens is 1. The third-order valence-electron chi connectivity index (χ3n) is 4.40. The van der Waals surface area contributed by atoms with E-state index in [1.807, 2.05) is 28.0 Å². The largest absolute Gasteiger partial charge is 0.481 e. The summed E-state index contributed by atoms with van der Waals surface area (Å²) in [5, 5.41) is 0. The molecule has 0 atom stereocenters. The predicted octanol–water partition coefficient (Wildman–Crippen LogP) is 1.42. The third-order valence-corrected chi connectivity index (χ3v) is 4.40. The zero-order valence-electron chi connectivity index (χ0n) is 13.2. The van der Waals surface area contributed by atoms with Crippen LogP contribution < -0.4 is 4.74 Å². The van der Waals surface area contributed by atoms with Gasteiger partial charge in [0.25, 0.3) is 0 Å². The van der Waals surface area contributed by atoms with Crippen LogP contribution in [0.15, 0.2) is 18.2 Å². The summed E-state index contributed by atoms with van der Waals surface area (Å²) in [4.78, 5) is 23.1. The van der Waals surface area contributed by atoms with Gasteiger partial charge in [-0.05, 0) is 18.9 Å². The highest BCUT2D eigenvalue weighted by Crippen LogP contribution is 2.14. The summed E-state index contributed by atoms with van der Waals surface area (Å²) in [7, 11) is 1.63. The molecule has 0 N–H and O–H groups in total. The first-order chi connectivity index (χ1) is 10.8. The van der Waals surface area contributed by atoms with Crippen molar-refractivity contribution in [2.75, 3.05) is 46.4 Å². The van der Waals surface area contributed by atoms with Crippen molar-refractivity contribution in [3.05, 3.63) is 23.9 Å². The van der Waals surface area contributed by atoms with E-state index >= 15 is 0 Å². The lowest BCUT2D eigenvalue weighted by atomic mass is 10.2. The van der Waals surface area contributed by atoms with Gasteiger partial charge < -0.3 is 14.5 Å². The summed E-state index contributed by atoms with van der Waals surface area (Å²) < 4.78 is 5.16. The second-order valence-corrected chi connectivity index (χ2v) is 5.91. The van der Waals surface area contributed by atoms with Crippen molar-refractivity contribution in [1.82, 2.24) is 19.7 Å². The van der Waals surface area contributed by atoms with Crippen LogP contribution >= 0.6 is 0 Å². The molecule has 6 heteroatoms. The fourth-order valence-corrected chi connectivity index (χ4v) is 3.09. The van der Waals surface area contributed by atoms with Crippen LogP contribution in [0.4, 0.5) is 4.79 Å². The lowest BCUT2D eigenvalue weighted by Gasteiger charge is -2.36. The average Bonchev–Trinajstić information content (AvgIpc) is 3.09. The molecule has 1 aromatic heterocycles. The Morgan fingerprint density at radius 3 is 2.45 bits per heavy atom. The molecule has 2 amide bonds. The molecule has 2 saturated heterocycles. The van der Waals surface area contributed by atoms with Gasteiger partial charge in [0.15, 0.2) is 0 Å². The predicted molar refractivity (Wildman–Crippen MR) is 83.8 cm³/mol. The van der Waals surface area contributed by atoms with Gasteiger partial charge in [-0.25, -0.2) is 9.78 Å². The van der Waals surface area contributed by atoms with Crippen LogP contribution in [0.1, 0.15) is 18.5 Å². The van der Waals surface area contributed by atoms with E-state index in [1.165, 1.54) is 0 Å². The van der Waals surface area contributed by atoms with Crippen molar-refractivity contribution in [1.29, 1.82) is 0 Å². The summed E-state index contributed by atoms with van der Waals surface area (Å²) in [6, 6.07) is 6.06. The molecule has 0 spiro atoms. The Balaban J connectivity index is 1.49. The van der Waals surface area contributed by atoms with E-state index in [-0.39, 0.29) is 6.03 Å². The number of pyridine rings is 1. The van der Waals surface area contributed by atoms with Crippen LogP contribution in [0.3, 0.4) is 0 Å². The van der Waals surface area contributed by atoms with Crippen molar-refractivity contribution < 1.29 is 9.53 Å². The Morgan fingerprint density at radius 1 is 1.09 bits per heavy atom. The first-order valence-corrected chi connectivity index (χ1v) is 8.02. The van der Waals surface area contributed by atoms with E-state index in [2.05, 4.69) is 9.88 Å². The quantitative estimate of drug-likeness (QED) is 0.847. The number of piperazine rings is 1. The number of rotatable bonds is 3. The maximum absolute atomic E-state index is 12.4. The lowest BCUT2D eigenvalue weighted by Crippen LogP contribution is -2.52. The second-order valence-electron chi connectivity index (χ2n) is 5.91. The summed E-state index contributed by atoms with van der Waals surface area (Å²) in [5.41, 5.74) is 1.01. The number of methoxy groups -OCH3 is 1. The highest BCUT2D eigenvalue weighted by Gasteiger charge is 2.26. The van der Waals surface area contributed by atoms with E-state index in [9.17, 15) is 4.79 Å². The van der Waals surface area contributed by atoms with Crippen molar-refractivity contribution in [3.63, 3.8) is 0 Å². The fourth-order valence-electron chi connectivity index (χ4n) is 3.09. The smallest absolute Gasteiger partial charge is 0.320 e. The van der Waals surface area contributed by atoms with Crippen LogP contribution in [0.25, 0.3) is 0 Å². The number of nitrogens with zero attached hydrogens (tertiary/aromatic N) is 4. The van der Waals surface area contributed by atoms with Gasteiger partial charge in [0.2, 0.25) is 5.88 Å². The van der Waals surface area contributed by atoms with Gasteiger partial charge in [-0.2, -0.15) is 0 Å². The van der Waals surface area contributed by atoms with Crippen molar-refractivity contribution >= 4 is 6.03 Å². The number of amides is 2. The minimum absolute atomic E-state index is 0.219. The zero-order chi connectivity index (χ0) is 15.4. The van der Waals surface area contributed by atoms with Gasteiger partial charge >= 0.3 is 6.03 Å². The number of likely N-dealkylation sites (tertiary alicyclic amines) is 1. The fraction of sp³-hybridized carbons (Fsp3) is 0.625. The second kappa shape index (κ2) is 6.96. The first-order valence-electron chi connectivity index (χ1n) is 8.02. The number of carbonyl (C=O) groups excluding carboxylic acids is 1. The molecule has 120 valence electrons. The minimum Gasteiger partial charge on any atom is -0.481 e.